The number of aromatic nitrogens is 3. The predicted molar refractivity (Wildman–Crippen MR) is 85.8 cm³/mol. The molecule has 0 radical (unpaired) electrons. The number of ether oxygens (including phenoxy) is 1. The first-order chi connectivity index (χ1) is 12.0. The minimum absolute atomic E-state index is 0.0304. The number of carbonyl (C=O) groups is 1. The van der Waals surface area contributed by atoms with Gasteiger partial charge in [0, 0.05) is 19.1 Å². The molecule has 9 heteroatoms. The third-order valence-corrected chi connectivity index (χ3v) is 4.31. The van der Waals surface area contributed by atoms with Crippen molar-refractivity contribution in [1.82, 2.24) is 19.9 Å². The normalized spacial score (nSPS) is 17.3. The zero-order chi connectivity index (χ0) is 18.0. The second-order valence-corrected chi connectivity index (χ2v) is 5.84. The summed E-state index contributed by atoms with van der Waals surface area (Å²) in [7, 11) is 0. The number of alkyl halides is 2. The van der Waals surface area contributed by atoms with Crippen molar-refractivity contribution >= 4 is 5.91 Å². The number of hydrogen-bond donors (Lipinski definition) is 1. The first-order valence-electron chi connectivity index (χ1n) is 8.00. The highest BCUT2D eigenvalue weighted by atomic mass is 19.3. The molecule has 7 nitrogen and oxygen atoms in total. The number of hydrogen-bond acceptors (Lipinski definition) is 5. The number of amides is 1. The molecule has 1 atom stereocenters. The molecule has 1 aromatic heterocycles. The van der Waals surface area contributed by atoms with Gasteiger partial charge in [0.25, 0.3) is 5.91 Å². The van der Waals surface area contributed by atoms with E-state index in [2.05, 4.69) is 15.0 Å². The molecule has 3 rings (SSSR count). The zero-order valence-electron chi connectivity index (χ0n) is 13.7. The zero-order valence-corrected chi connectivity index (χ0v) is 13.7. The molecule has 2 heterocycles. The second kappa shape index (κ2) is 7.14. The molecule has 25 heavy (non-hydrogen) atoms. The summed E-state index contributed by atoms with van der Waals surface area (Å²) in [6, 6.07) is 6.01. The lowest BCUT2D eigenvalue weighted by Gasteiger charge is -2.22. The van der Waals surface area contributed by atoms with E-state index in [0.717, 1.165) is 12.8 Å². The Labute approximate surface area is 143 Å². The van der Waals surface area contributed by atoms with Crippen LogP contribution in [0.4, 0.5) is 8.78 Å². The number of nitrogens with zero attached hydrogens (tertiary/aromatic N) is 4. The van der Waals surface area contributed by atoms with E-state index in [1.54, 1.807) is 24.0 Å². The van der Waals surface area contributed by atoms with Crippen LogP contribution >= 0.6 is 0 Å². The molecule has 2 aromatic rings. The van der Waals surface area contributed by atoms with Crippen molar-refractivity contribution in [2.75, 3.05) is 13.1 Å². The maximum Gasteiger partial charge on any atom is 0.387 e. The Kier molecular flexibility index (Phi) is 4.93. The summed E-state index contributed by atoms with van der Waals surface area (Å²) < 4.78 is 30.2. The molecule has 1 fully saturated rings. The van der Waals surface area contributed by atoms with Crippen molar-refractivity contribution in [2.24, 2.45) is 5.73 Å². The van der Waals surface area contributed by atoms with Gasteiger partial charge < -0.3 is 15.4 Å². The molecule has 0 aliphatic carbocycles. The van der Waals surface area contributed by atoms with Crippen LogP contribution in [0.15, 0.2) is 24.3 Å². The average molecular weight is 351 g/mol. The minimum Gasteiger partial charge on any atom is -0.435 e. The third kappa shape index (κ3) is 3.46. The van der Waals surface area contributed by atoms with Gasteiger partial charge in [-0.1, -0.05) is 5.21 Å². The van der Waals surface area contributed by atoms with Crippen molar-refractivity contribution in [3.63, 3.8) is 0 Å². The van der Waals surface area contributed by atoms with Crippen LogP contribution < -0.4 is 10.5 Å². The number of halogens is 2. The maximum absolute atomic E-state index is 12.7. The van der Waals surface area contributed by atoms with Crippen molar-refractivity contribution < 1.29 is 18.3 Å². The van der Waals surface area contributed by atoms with Crippen molar-refractivity contribution in [3.05, 3.63) is 35.7 Å². The summed E-state index contributed by atoms with van der Waals surface area (Å²) in [5.41, 5.74) is 7.17. The molecule has 1 aliphatic heterocycles. The summed E-state index contributed by atoms with van der Waals surface area (Å²) >= 11 is 0. The molecule has 1 saturated heterocycles. The number of benzene rings is 1. The van der Waals surface area contributed by atoms with E-state index in [-0.39, 0.29) is 23.4 Å². The highest BCUT2D eigenvalue weighted by Gasteiger charge is 2.31. The van der Waals surface area contributed by atoms with E-state index < -0.39 is 6.61 Å². The van der Waals surface area contributed by atoms with E-state index in [1.807, 2.05) is 0 Å². The quantitative estimate of drug-likeness (QED) is 0.887. The van der Waals surface area contributed by atoms with Gasteiger partial charge in [0.1, 0.15) is 5.75 Å². The van der Waals surface area contributed by atoms with Gasteiger partial charge in [-0.25, -0.2) is 4.68 Å². The Balaban J connectivity index is 1.82. The standard InChI is InChI=1S/C16H19F2N5O2/c1-10-14(15(24)22-8-2-3-12(22)9-19)20-21-23(10)11-4-6-13(7-5-11)25-16(17)18/h4-7,12,16H,2-3,8-9,19H2,1H3. The van der Waals surface area contributed by atoms with Crippen LogP contribution in [0.1, 0.15) is 29.0 Å². The summed E-state index contributed by atoms with van der Waals surface area (Å²) in [5, 5.41) is 8.02. The lowest BCUT2D eigenvalue weighted by molar-refractivity contribution is -0.0498. The largest absolute Gasteiger partial charge is 0.435 e. The van der Waals surface area contributed by atoms with Gasteiger partial charge in [-0.05, 0) is 44.0 Å². The van der Waals surface area contributed by atoms with E-state index in [0.29, 0.717) is 24.5 Å². The number of likely N-dealkylation sites (tertiary alicyclic amines) is 1. The summed E-state index contributed by atoms with van der Waals surface area (Å²) in [6.45, 7) is -0.0549. The lowest BCUT2D eigenvalue weighted by atomic mass is 10.2. The molecule has 1 aromatic carbocycles. The van der Waals surface area contributed by atoms with Gasteiger partial charge in [0.2, 0.25) is 0 Å². The van der Waals surface area contributed by atoms with Crippen molar-refractivity contribution in [2.45, 2.75) is 32.4 Å². The Morgan fingerprint density at radius 2 is 2.12 bits per heavy atom. The third-order valence-electron chi connectivity index (χ3n) is 4.31. The van der Waals surface area contributed by atoms with E-state index in [4.69, 9.17) is 5.73 Å². The van der Waals surface area contributed by atoms with Crippen LogP contribution in [0.5, 0.6) is 5.75 Å². The topological polar surface area (TPSA) is 86.3 Å². The Bertz CT molecular complexity index is 747. The minimum atomic E-state index is -2.88. The van der Waals surface area contributed by atoms with Crippen LogP contribution in [0.2, 0.25) is 0 Å². The molecule has 0 bridgehead atoms. The summed E-state index contributed by atoms with van der Waals surface area (Å²) in [4.78, 5) is 14.4. The summed E-state index contributed by atoms with van der Waals surface area (Å²) in [6.07, 6.45) is 1.81. The monoisotopic (exact) mass is 351 g/mol. The molecule has 134 valence electrons. The van der Waals surface area contributed by atoms with Gasteiger partial charge in [-0.2, -0.15) is 8.78 Å². The fourth-order valence-electron chi connectivity index (χ4n) is 3.02. The van der Waals surface area contributed by atoms with Crippen LogP contribution in [0.25, 0.3) is 5.69 Å². The highest BCUT2D eigenvalue weighted by molar-refractivity contribution is 5.93. The van der Waals surface area contributed by atoms with E-state index in [9.17, 15) is 13.6 Å². The van der Waals surface area contributed by atoms with Crippen molar-refractivity contribution in [3.8, 4) is 11.4 Å². The molecule has 1 aliphatic rings. The van der Waals surface area contributed by atoms with Gasteiger partial charge in [-0.15, -0.1) is 5.10 Å². The fraction of sp³-hybridized carbons (Fsp3) is 0.438. The van der Waals surface area contributed by atoms with Gasteiger partial charge >= 0.3 is 6.61 Å². The first kappa shape index (κ1) is 17.3. The van der Waals surface area contributed by atoms with Gasteiger partial charge in [-0.3, -0.25) is 4.79 Å². The molecule has 0 spiro atoms. The predicted octanol–water partition coefficient (Wildman–Crippen LogP) is 1.74. The Morgan fingerprint density at radius 1 is 1.40 bits per heavy atom. The fourth-order valence-corrected chi connectivity index (χ4v) is 3.02. The van der Waals surface area contributed by atoms with Crippen molar-refractivity contribution in [1.29, 1.82) is 0 Å². The number of carbonyl (C=O) groups excluding carboxylic acids is 1. The first-order valence-corrected chi connectivity index (χ1v) is 8.00. The molecule has 2 N–H and O–H groups in total. The van der Waals surface area contributed by atoms with Crippen LogP contribution in [-0.2, 0) is 0 Å². The average Bonchev–Trinajstić information content (AvgIpc) is 3.21. The van der Waals surface area contributed by atoms with E-state index in [1.165, 1.54) is 16.8 Å². The smallest absolute Gasteiger partial charge is 0.387 e. The highest BCUT2D eigenvalue weighted by Crippen LogP contribution is 2.22. The number of nitrogens with two attached hydrogens (primary N) is 1. The Hall–Kier alpha value is -2.55. The van der Waals surface area contributed by atoms with Crippen LogP contribution in [0, 0.1) is 6.92 Å². The lowest BCUT2D eigenvalue weighted by Crippen LogP contribution is -2.40. The SMILES string of the molecule is Cc1c(C(=O)N2CCCC2CN)nnn1-c1ccc(OC(F)F)cc1. The molecular weight excluding hydrogens is 332 g/mol. The van der Waals surface area contributed by atoms with Crippen LogP contribution in [-0.4, -0.2) is 51.5 Å². The molecule has 1 amide bonds. The summed E-state index contributed by atoms with van der Waals surface area (Å²) in [5.74, 6) is -0.134. The van der Waals surface area contributed by atoms with Crippen LogP contribution in [0.3, 0.4) is 0 Å². The molecule has 0 saturated carbocycles. The maximum atomic E-state index is 12.7. The van der Waals surface area contributed by atoms with E-state index >= 15 is 0 Å². The Morgan fingerprint density at radius 3 is 2.76 bits per heavy atom. The van der Waals surface area contributed by atoms with Gasteiger partial charge in [0.15, 0.2) is 5.69 Å². The second-order valence-electron chi connectivity index (χ2n) is 5.84. The molecular formula is C16H19F2N5O2. The molecule has 1 unspecified atom stereocenters. The number of rotatable bonds is 5. The van der Waals surface area contributed by atoms with Gasteiger partial charge in [0.05, 0.1) is 11.4 Å².